The van der Waals surface area contributed by atoms with E-state index in [2.05, 4.69) is 23.5 Å². The van der Waals surface area contributed by atoms with Gasteiger partial charge < -0.3 is 10.1 Å². The fourth-order valence-electron chi connectivity index (χ4n) is 0.740. The average Bonchev–Trinajstić information content (AvgIpc) is 1.96. The predicted octanol–water partition coefficient (Wildman–Crippen LogP) is 0.579. The molecule has 0 spiro atoms. The lowest BCUT2D eigenvalue weighted by Crippen LogP contribution is -2.40. The Bertz CT molecular complexity index is 279. The van der Waals surface area contributed by atoms with Crippen molar-refractivity contribution in [2.24, 2.45) is 4.99 Å². The quantitative estimate of drug-likeness (QED) is 0.619. The van der Waals surface area contributed by atoms with Gasteiger partial charge in [0, 0.05) is 5.70 Å². The molecule has 0 aliphatic carbocycles. The van der Waals surface area contributed by atoms with Crippen LogP contribution in [-0.4, -0.2) is 18.3 Å². The van der Waals surface area contributed by atoms with E-state index >= 15 is 0 Å². The summed E-state index contributed by atoms with van der Waals surface area (Å²) >= 11 is 0. The molecule has 1 heterocycles. The minimum absolute atomic E-state index is 0.00798. The first-order valence-corrected chi connectivity index (χ1v) is 3.45. The molecule has 0 atom stereocenters. The maximum absolute atomic E-state index is 10.8. The van der Waals surface area contributed by atoms with Crippen molar-refractivity contribution in [3.8, 4) is 0 Å². The molecule has 0 radical (unpaired) electrons. The molecule has 0 aromatic carbocycles. The molecule has 1 N–H and O–H groups in total. The van der Waals surface area contributed by atoms with Gasteiger partial charge in [0.2, 0.25) is 0 Å². The molecule has 0 bridgehead atoms. The maximum Gasteiger partial charge on any atom is 0.263 e. The highest BCUT2D eigenvalue weighted by Gasteiger charge is 2.17. The first kappa shape index (κ1) is 8.52. The highest BCUT2D eigenvalue weighted by atomic mass is 16.5. The number of aliphatic imine (C=N–C) groups is 1. The van der Waals surface area contributed by atoms with Crippen molar-refractivity contribution >= 4 is 11.7 Å². The lowest BCUT2D eigenvalue weighted by molar-refractivity contribution is -0.123. The van der Waals surface area contributed by atoms with Gasteiger partial charge in [0.15, 0.2) is 18.2 Å². The van der Waals surface area contributed by atoms with Crippen molar-refractivity contribution < 1.29 is 9.53 Å². The second-order valence-electron chi connectivity index (χ2n) is 2.46. The van der Waals surface area contributed by atoms with Gasteiger partial charge in [-0.2, -0.15) is 0 Å². The summed E-state index contributed by atoms with van der Waals surface area (Å²) in [7, 11) is 0. The third-order valence-electron chi connectivity index (χ3n) is 1.20. The minimum atomic E-state index is -0.220. The van der Waals surface area contributed by atoms with E-state index in [1.54, 1.807) is 6.92 Å². The van der Waals surface area contributed by atoms with E-state index in [-0.39, 0.29) is 12.5 Å². The Morgan fingerprint density at radius 3 is 3.00 bits per heavy atom. The molecular weight excluding hydrogens is 156 g/mol. The molecule has 1 aliphatic heterocycles. The van der Waals surface area contributed by atoms with Crippen LogP contribution in [0, 0.1) is 0 Å². The molecule has 1 aliphatic rings. The highest BCUT2D eigenvalue weighted by molar-refractivity contribution is 6.08. The predicted molar refractivity (Wildman–Crippen MR) is 45.5 cm³/mol. The standard InChI is InChI=1S/C8H10N2O2/c1-5(2)9-8-6(3)12-4-7(11)10-8/h1,3-4H2,2H3,(H,9,10,11). The molecular formula is C8H10N2O2. The lowest BCUT2D eigenvalue weighted by Gasteiger charge is -2.17. The van der Waals surface area contributed by atoms with Gasteiger partial charge in [-0.15, -0.1) is 0 Å². The van der Waals surface area contributed by atoms with E-state index in [1.165, 1.54) is 0 Å². The van der Waals surface area contributed by atoms with Gasteiger partial charge in [-0.3, -0.25) is 4.79 Å². The van der Waals surface area contributed by atoms with Crippen LogP contribution in [0.4, 0.5) is 0 Å². The summed E-state index contributed by atoms with van der Waals surface area (Å²) in [4.78, 5) is 14.7. The Hall–Kier alpha value is -1.58. The second kappa shape index (κ2) is 3.21. The highest BCUT2D eigenvalue weighted by Crippen LogP contribution is 2.03. The van der Waals surface area contributed by atoms with Crippen LogP contribution < -0.4 is 5.32 Å². The van der Waals surface area contributed by atoms with Crippen molar-refractivity contribution in [3.63, 3.8) is 0 Å². The van der Waals surface area contributed by atoms with Gasteiger partial charge in [0.1, 0.15) is 0 Å². The summed E-state index contributed by atoms with van der Waals surface area (Å²) in [6, 6.07) is 0. The summed E-state index contributed by atoms with van der Waals surface area (Å²) < 4.78 is 4.93. The number of amidine groups is 1. The Labute approximate surface area is 70.6 Å². The molecule has 0 aromatic rings. The van der Waals surface area contributed by atoms with E-state index < -0.39 is 0 Å². The van der Waals surface area contributed by atoms with E-state index in [4.69, 9.17) is 4.74 Å². The van der Waals surface area contributed by atoms with Crippen LogP contribution in [-0.2, 0) is 9.53 Å². The fraction of sp³-hybridized carbons (Fsp3) is 0.250. The van der Waals surface area contributed by atoms with Crippen molar-refractivity contribution in [2.45, 2.75) is 6.92 Å². The molecule has 1 amide bonds. The van der Waals surface area contributed by atoms with Crippen molar-refractivity contribution in [3.05, 3.63) is 24.6 Å². The minimum Gasteiger partial charge on any atom is -0.481 e. The number of carbonyl (C=O) groups is 1. The molecule has 0 unspecified atom stereocenters. The van der Waals surface area contributed by atoms with Gasteiger partial charge in [-0.1, -0.05) is 13.2 Å². The van der Waals surface area contributed by atoms with Crippen LogP contribution in [0.2, 0.25) is 0 Å². The van der Waals surface area contributed by atoms with Crippen LogP contribution in [0.25, 0.3) is 0 Å². The first-order valence-electron chi connectivity index (χ1n) is 3.45. The molecule has 0 saturated carbocycles. The first-order chi connectivity index (χ1) is 5.59. The molecule has 4 nitrogen and oxygen atoms in total. The maximum atomic E-state index is 10.8. The van der Waals surface area contributed by atoms with E-state index in [9.17, 15) is 4.79 Å². The zero-order valence-corrected chi connectivity index (χ0v) is 6.89. The van der Waals surface area contributed by atoms with Crippen LogP contribution in [0.3, 0.4) is 0 Å². The number of hydrogen-bond donors (Lipinski definition) is 1. The van der Waals surface area contributed by atoms with Gasteiger partial charge in [-0.25, -0.2) is 4.99 Å². The third-order valence-corrected chi connectivity index (χ3v) is 1.20. The summed E-state index contributed by atoms with van der Waals surface area (Å²) in [6.07, 6.45) is 0. The summed E-state index contributed by atoms with van der Waals surface area (Å²) in [6.45, 7) is 8.88. The normalized spacial score (nSPS) is 20.2. The summed E-state index contributed by atoms with van der Waals surface area (Å²) in [5, 5.41) is 2.52. The zero-order valence-electron chi connectivity index (χ0n) is 6.89. The summed E-state index contributed by atoms with van der Waals surface area (Å²) in [5.74, 6) is 0.499. The number of morpholine rings is 1. The van der Waals surface area contributed by atoms with Crippen molar-refractivity contribution in [1.82, 2.24) is 5.32 Å². The largest absolute Gasteiger partial charge is 0.481 e. The number of ether oxygens (including phenoxy) is 1. The number of nitrogens with one attached hydrogen (secondary N) is 1. The summed E-state index contributed by atoms with van der Waals surface area (Å²) in [5.41, 5.74) is 0.594. The number of nitrogens with zero attached hydrogens (tertiary/aromatic N) is 1. The Morgan fingerprint density at radius 1 is 1.75 bits per heavy atom. The molecule has 1 saturated heterocycles. The SMILES string of the molecule is C=C(C)N=C1NC(=O)COC1=C. The van der Waals surface area contributed by atoms with Crippen molar-refractivity contribution in [1.29, 1.82) is 0 Å². The van der Waals surface area contributed by atoms with E-state index in [0.29, 0.717) is 17.3 Å². The molecule has 1 rings (SSSR count). The van der Waals surface area contributed by atoms with Crippen LogP contribution in [0.5, 0.6) is 0 Å². The van der Waals surface area contributed by atoms with Gasteiger partial charge in [0.05, 0.1) is 0 Å². The molecule has 0 aromatic heterocycles. The van der Waals surface area contributed by atoms with Crippen LogP contribution in [0.15, 0.2) is 29.6 Å². The topological polar surface area (TPSA) is 50.7 Å². The molecule has 1 fully saturated rings. The smallest absolute Gasteiger partial charge is 0.263 e. The van der Waals surface area contributed by atoms with Gasteiger partial charge in [-0.05, 0) is 6.92 Å². The monoisotopic (exact) mass is 166 g/mol. The molecule has 64 valence electrons. The van der Waals surface area contributed by atoms with Crippen molar-refractivity contribution in [2.75, 3.05) is 6.61 Å². The Kier molecular flexibility index (Phi) is 2.28. The molecule has 4 heteroatoms. The van der Waals surface area contributed by atoms with Crippen LogP contribution in [0.1, 0.15) is 6.92 Å². The second-order valence-corrected chi connectivity index (χ2v) is 2.46. The van der Waals surface area contributed by atoms with E-state index in [0.717, 1.165) is 0 Å². The third kappa shape index (κ3) is 1.95. The lowest BCUT2D eigenvalue weighted by atomic mass is 10.4. The zero-order chi connectivity index (χ0) is 9.14. The Morgan fingerprint density at radius 2 is 2.42 bits per heavy atom. The number of hydrogen-bond acceptors (Lipinski definition) is 3. The number of allylic oxidation sites excluding steroid dienone is 1. The number of carbonyl (C=O) groups excluding carboxylic acids is 1. The van der Waals surface area contributed by atoms with Gasteiger partial charge in [0.25, 0.3) is 5.91 Å². The van der Waals surface area contributed by atoms with E-state index in [1.807, 2.05) is 0 Å². The fourth-order valence-corrected chi connectivity index (χ4v) is 0.740. The average molecular weight is 166 g/mol. The molecule has 12 heavy (non-hydrogen) atoms. The number of amides is 1. The van der Waals surface area contributed by atoms with Gasteiger partial charge >= 0.3 is 0 Å². The number of rotatable bonds is 1. The van der Waals surface area contributed by atoms with Crippen LogP contribution >= 0.6 is 0 Å². The Balaban J connectivity index is 2.80.